The summed E-state index contributed by atoms with van der Waals surface area (Å²) in [5.41, 5.74) is 1.51. The predicted molar refractivity (Wildman–Crippen MR) is 80.2 cm³/mol. The second-order valence-electron chi connectivity index (χ2n) is 5.20. The number of halogens is 2. The fraction of sp³-hybridized carbons (Fsp3) is 0.125. The van der Waals surface area contributed by atoms with E-state index < -0.39 is 17.9 Å². The van der Waals surface area contributed by atoms with E-state index in [-0.39, 0.29) is 22.8 Å². The van der Waals surface area contributed by atoms with Gasteiger partial charge < -0.3 is 14.4 Å². The van der Waals surface area contributed by atoms with E-state index in [0.717, 1.165) is 0 Å². The summed E-state index contributed by atoms with van der Waals surface area (Å²) in [5.74, 6) is -1.24. The van der Waals surface area contributed by atoms with E-state index in [0.29, 0.717) is 22.2 Å². The Morgan fingerprint density at radius 2 is 2.17 bits per heavy atom. The molecule has 1 N–H and O–H groups in total. The van der Waals surface area contributed by atoms with Gasteiger partial charge in [-0.15, -0.1) is 0 Å². The van der Waals surface area contributed by atoms with E-state index in [4.69, 9.17) is 26.0 Å². The molecule has 1 atom stereocenters. The number of benzene rings is 2. The van der Waals surface area contributed by atoms with Crippen LogP contribution in [0.15, 0.2) is 34.9 Å². The number of nitrogens with zero attached hydrogens (tertiary/aromatic N) is 1. The molecule has 1 aromatic heterocycles. The van der Waals surface area contributed by atoms with Crippen LogP contribution in [0.25, 0.3) is 22.2 Å². The van der Waals surface area contributed by atoms with Gasteiger partial charge in [0.15, 0.2) is 11.7 Å². The Kier molecular flexibility index (Phi) is 3.02. The molecule has 2 aromatic carbocycles. The minimum Gasteiger partial charge on any atom is -0.478 e. The quantitative estimate of drug-likeness (QED) is 0.774. The van der Waals surface area contributed by atoms with Crippen molar-refractivity contribution in [2.24, 2.45) is 0 Å². The Labute approximate surface area is 134 Å². The Balaban J connectivity index is 1.94. The summed E-state index contributed by atoms with van der Waals surface area (Å²) < 4.78 is 24.7. The molecule has 0 saturated heterocycles. The van der Waals surface area contributed by atoms with Crippen molar-refractivity contribution in [2.45, 2.75) is 12.5 Å². The SMILES string of the molecule is O=C(O)C1Cc2c(c(Cl)cc3c(-c4ccccc4F)noc23)O1. The van der Waals surface area contributed by atoms with Gasteiger partial charge in [-0.3, -0.25) is 0 Å². The standard InChI is InChI=1S/C16H9ClFNO4/c17-10-5-8-13(7-3-1-2-4-11(7)18)19-23-14(8)9-6-12(16(20)21)22-15(9)10/h1-5,12H,6H2,(H,20,21). The molecule has 116 valence electrons. The number of rotatable bonds is 2. The number of carbonyl (C=O) groups is 1. The Morgan fingerprint density at radius 1 is 1.39 bits per heavy atom. The van der Waals surface area contributed by atoms with Gasteiger partial charge in [0.2, 0.25) is 0 Å². The van der Waals surface area contributed by atoms with Crippen molar-refractivity contribution in [3.8, 4) is 17.0 Å². The largest absolute Gasteiger partial charge is 0.478 e. The van der Waals surface area contributed by atoms with Gasteiger partial charge in [0.1, 0.15) is 17.3 Å². The van der Waals surface area contributed by atoms with Crippen LogP contribution in [0, 0.1) is 5.82 Å². The van der Waals surface area contributed by atoms with Crippen LogP contribution in [-0.4, -0.2) is 22.3 Å². The molecule has 23 heavy (non-hydrogen) atoms. The highest BCUT2D eigenvalue weighted by Gasteiger charge is 2.34. The highest BCUT2D eigenvalue weighted by molar-refractivity contribution is 6.33. The number of aromatic nitrogens is 1. The van der Waals surface area contributed by atoms with Gasteiger partial charge in [-0.25, -0.2) is 9.18 Å². The molecule has 5 nitrogen and oxygen atoms in total. The lowest BCUT2D eigenvalue weighted by Gasteiger charge is -2.05. The molecule has 0 saturated carbocycles. The second kappa shape index (κ2) is 4.96. The maximum absolute atomic E-state index is 14.0. The lowest BCUT2D eigenvalue weighted by atomic mass is 10.0. The van der Waals surface area contributed by atoms with Gasteiger partial charge in [-0.2, -0.15) is 0 Å². The number of fused-ring (bicyclic) bond motifs is 3. The average molecular weight is 334 g/mol. The van der Waals surface area contributed by atoms with E-state index in [9.17, 15) is 9.18 Å². The minimum atomic E-state index is -1.08. The van der Waals surface area contributed by atoms with Crippen molar-refractivity contribution in [2.75, 3.05) is 0 Å². The van der Waals surface area contributed by atoms with Crippen LogP contribution in [0.2, 0.25) is 5.02 Å². The number of aliphatic carboxylic acids is 1. The fourth-order valence-electron chi connectivity index (χ4n) is 2.76. The number of hydrogen-bond donors (Lipinski definition) is 1. The van der Waals surface area contributed by atoms with E-state index in [2.05, 4.69) is 5.16 Å². The average Bonchev–Trinajstić information content (AvgIpc) is 3.12. The third kappa shape index (κ3) is 2.06. The smallest absolute Gasteiger partial charge is 0.345 e. The lowest BCUT2D eigenvalue weighted by Crippen LogP contribution is -2.24. The fourth-order valence-corrected chi connectivity index (χ4v) is 3.02. The molecule has 0 spiro atoms. The van der Waals surface area contributed by atoms with Crippen LogP contribution in [0.3, 0.4) is 0 Å². The molecule has 0 bridgehead atoms. The zero-order valence-electron chi connectivity index (χ0n) is 11.5. The van der Waals surface area contributed by atoms with Gasteiger partial charge in [0.25, 0.3) is 0 Å². The molecule has 4 rings (SSSR count). The molecular formula is C16H9ClFNO4. The molecule has 1 unspecified atom stereocenters. The first kappa shape index (κ1) is 14.0. The maximum atomic E-state index is 14.0. The Hall–Kier alpha value is -2.60. The van der Waals surface area contributed by atoms with Gasteiger partial charge >= 0.3 is 5.97 Å². The Bertz CT molecular complexity index is 953. The van der Waals surface area contributed by atoms with Gasteiger partial charge in [-0.1, -0.05) is 28.9 Å². The van der Waals surface area contributed by atoms with Crippen molar-refractivity contribution in [3.05, 3.63) is 46.7 Å². The monoisotopic (exact) mass is 333 g/mol. The van der Waals surface area contributed by atoms with Crippen molar-refractivity contribution in [3.63, 3.8) is 0 Å². The molecule has 0 amide bonds. The first-order valence-electron chi connectivity index (χ1n) is 6.81. The molecular weight excluding hydrogens is 325 g/mol. The number of ether oxygens (including phenoxy) is 1. The molecule has 0 aliphatic carbocycles. The topological polar surface area (TPSA) is 72.6 Å². The molecule has 1 aliphatic rings. The van der Waals surface area contributed by atoms with Crippen LogP contribution >= 0.6 is 11.6 Å². The molecule has 0 radical (unpaired) electrons. The summed E-state index contributed by atoms with van der Waals surface area (Å²) in [6, 6.07) is 7.74. The summed E-state index contributed by atoms with van der Waals surface area (Å²) in [7, 11) is 0. The van der Waals surface area contributed by atoms with Crippen molar-refractivity contribution in [1.82, 2.24) is 5.16 Å². The van der Waals surface area contributed by atoms with Crippen LogP contribution in [-0.2, 0) is 11.2 Å². The van der Waals surface area contributed by atoms with Crippen molar-refractivity contribution in [1.29, 1.82) is 0 Å². The predicted octanol–water partition coefficient (Wildman–Crippen LogP) is 3.68. The summed E-state index contributed by atoms with van der Waals surface area (Å²) >= 11 is 6.19. The highest BCUT2D eigenvalue weighted by Crippen LogP contribution is 2.44. The lowest BCUT2D eigenvalue weighted by molar-refractivity contribution is -0.144. The molecule has 2 heterocycles. The number of hydrogen-bond acceptors (Lipinski definition) is 4. The van der Waals surface area contributed by atoms with Gasteiger partial charge in [-0.05, 0) is 18.2 Å². The zero-order chi connectivity index (χ0) is 16.1. The third-order valence-electron chi connectivity index (χ3n) is 3.82. The van der Waals surface area contributed by atoms with E-state index in [1.165, 1.54) is 6.07 Å². The molecule has 1 aliphatic heterocycles. The van der Waals surface area contributed by atoms with Crippen molar-refractivity contribution < 1.29 is 23.6 Å². The summed E-state index contributed by atoms with van der Waals surface area (Å²) in [6.07, 6.45) is -0.900. The molecule has 0 fully saturated rings. The normalized spacial score (nSPS) is 16.3. The van der Waals surface area contributed by atoms with Crippen LogP contribution in [0.1, 0.15) is 5.56 Å². The summed E-state index contributed by atoms with van der Waals surface area (Å²) in [6.45, 7) is 0. The minimum absolute atomic E-state index is 0.119. The van der Waals surface area contributed by atoms with Crippen LogP contribution < -0.4 is 4.74 Å². The first-order chi connectivity index (χ1) is 11.1. The number of carboxylic acid groups (broad SMARTS) is 1. The third-order valence-corrected chi connectivity index (χ3v) is 4.10. The van der Waals surface area contributed by atoms with E-state index in [1.54, 1.807) is 24.3 Å². The van der Waals surface area contributed by atoms with Gasteiger partial charge in [0, 0.05) is 17.5 Å². The van der Waals surface area contributed by atoms with Crippen LogP contribution in [0.4, 0.5) is 4.39 Å². The Morgan fingerprint density at radius 3 is 2.91 bits per heavy atom. The van der Waals surface area contributed by atoms with E-state index >= 15 is 0 Å². The molecule has 3 aromatic rings. The summed E-state index contributed by atoms with van der Waals surface area (Å²) in [4.78, 5) is 11.1. The number of carboxylic acids is 1. The van der Waals surface area contributed by atoms with E-state index in [1.807, 2.05) is 0 Å². The summed E-state index contributed by atoms with van der Waals surface area (Å²) in [5, 5.41) is 13.8. The second-order valence-corrected chi connectivity index (χ2v) is 5.61. The first-order valence-corrected chi connectivity index (χ1v) is 7.19. The highest BCUT2D eigenvalue weighted by atomic mass is 35.5. The maximum Gasteiger partial charge on any atom is 0.345 e. The van der Waals surface area contributed by atoms with Crippen LogP contribution in [0.5, 0.6) is 5.75 Å². The molecule has 7 heteroatoms. The zero-order valence-corrected chi connectivity index (χ0v) is 12.3. The van der Waals surface area contributed by atoms with Gasteiger partial charge in [0.05, 0.1) is 10.4 Å². The van der Waals surface area contributed by atoms with Crippen molar-refractivity contribution >= 4 is 28.5 Å².